The number of benzene rings is 2. The van der Waals surface area contributed by atoms with E-state index in [-0.39, 0.29) is 5.91 Å². The molecule has 1 aliphatic heterocycles. The average Bonchev–Trinajstić information content (AvgIpc) is 3.34. The minimum atomic E-state index is 0.135. The minimum Gasteiger partial charge on any atom is -0.339 e. The van der Waals surface area contributed by atoms with Crippen LogP contribution in [0.3, 0.4) is 0 Å². The second-order valence-corrected chi connectivity index (χ2v) is 9.53. The van der Waals surface area contributed by atoms with Crippen molar-refractivity contribution in [1.82, 2.24) is 29.5 Å². The van der Waals surface area contributed by atoms with Crippen molar-refractivity contribution < 1.29 is 4.79 Å². The summed E-state index contributed by atoms with van der Waals surface area (Å²) in [6, 6.07) is 22.3. The molecule has 0 bridgehead atoms. The van der Waals surface area contributed by atoms with Crippen molar-refractivity contribution in [2.45, 2.75) is 18.6 Å². The third kappa shape index (κ3) is 5.44. The van der Waals surface area contributed by atoms with Gasteiger partial charge in [-0.15, -0.1) is 10.2 Å². The van der Waals surface area contributed by atoms with Gasteiger partial charge in [0.25, 0.3) is 0 Å². The smallest absolute Gasteiger partial charge is 0.233 e. The summed E-state index contributed by atoms with van der Waals surface area (Å²) in [5.74, 6) is 1.18. The monoisotopic (exact) mass is 484 g/mol. The number of hydrogen-bond donors (Lipinski definition) is 0. The number of aromatic nitrogens is 4. The van der Waals surface area contributed by atoms with Crippen molar-refractivity contribution in [3.8, 4) is 17.1 Å². The Morgan fingerprint density at radius 2 is 1.69 bits per heavy atom. The Labute approximate surface area is 209 Å². The molecular formula is C27H28N6OS. The molecule has 0 aliphatic carbocycles. The molecule has 0 N–H and O–H groups in total. The highest BCUT2D eigenvalue weighted by Crippen LogP contribution is 2.27. The van der Waals surface area contributed by atoms with Gasteiger partial charge in [-0.05, 0) is 42.3 Å². The normalized spacial score (nSPS) is 14.3. The number of para-hydroxylation sites is 1. The fraction of sp³-hybridized carbons (Fsp3) is 0.259. The molecule has 5 rings (SSSR count). The van der Waals surface area contributed by atoms with Crippen LogP contribution in [-0.4, -0.2) is 67.4 Å². The number of hydrogen-bond acceptors (Lipinski definition) is 6. The molecule has 0 spiro atoms. The van der Waals surface area contributed by atoms with Gasteiger partial charge in [0.2, 0.25) is 5.91 Å². The summed E-state index contributed by atoms with van der Waals surface area (Å²) >= 11 is 1.43. The highest BCUT2D eigenvalue weighted by Gasteiger charge is 2.23. The summed E-state index contributed by atoms with van der Waals surface area (Å²) in [7, 11) is 0. The van der Waals surface area contributed by atoms with Gasteiger partial charge in [0.1, 0.15) is 0 Å². The van der Waals surface area contributed by atoms with Gasteiger partial charge in [-0.1, -0.05) is 54.2 Å². The number of pyridine rings is 1. The number of nitrogens with zero attached hydrogens (tertiary/aromatic N) is 6. The number of thioether (sulfide) groups is 1. The molecule has 1 fully saturated rings. The Balaban J connectivity index is 1.23. The number of rotatable bonds is 7. The van der Waals surface area contributed by atoms with Crippen LogP contribution in [0.1, 0.15) is 11.1 Å². The van der Waals surface area contributed by atoms with Gasteiger partial charge >= 0.3 is 0 Å². The highest BCUT2D eigenvalue weighted by atomic mass is 32.2. The lowest BCUT2D eigenvalue weighted by atomic mass is 10.1. The summed E-state index contributed by atoms with van der Waals surface area (Å²) in [6.07, 6.45) is 3.52. The molecule has 35 heavy (non-hydrogen) atoms. The molecule has 1 aliphatic rings. The Hall–Kier alpha value is -3.49. The van der Waals surface area contributed by atoms with Crippen LogP contribution < -0.4 is 0 Å². The maximum absolute atomic E-state index is 13.0. The Kier molecular flexibility index (Phi) is 7.20. The van der Waals surface area contributed by atoms with Gasteiger partial charge in [-0.2, -0.15) is 0 Å². The zero-order valence-electron chi connectivity index (χ0n) is 19.7. The maximum Gasteiger partial charge on any atom is 0.233 e. The number of piperazine rings is 1. The molecule has 7 nitrogen and oxygen atoms in total. The van der Waals surface area contributed by atoms with E-state index in [0.717, 1.165) is 44.0 Å². The van der Waals surface area contributed by atoms with Crippen LogP contribution in [0.25, 0.3) is 17.1 Å². The molecule has 0 atom stereocenters. The van der Waals surface area contributed by atoms with Crippen molar-refractivity contribution in [2.24, 2.45) is 0 Å². The second kappa shape index (κ2) is 10.8. The van der Waals surface area contributed by atoms with Gasteiger partial charge in [-0.3, -0.25) is 19.2 Å². The van der Waals surface area contributed by atoms with Crippen molar-refractivity contribution in [3.63, 3.8) is 0 Å². The lowest BCUT2D eigenvalue weighted by Gasteiger charge is -2.35. The summed E-state index contributed by atoms with van der Waals surface area (Å²) in [6.45, 7) is 6.35. The first kappa shape index (κ1) is 23.3. The number of aryl methyl sites for hydroxylation is 1. The molecule has 3 heterocycles. The SMILES string of the molecule is Cc1ccccc1CN1CCN(C(=O)CSc2nnc(-c3cccnc3)n2-c2ccccc2)CC1. The van der Waals surface area contributed by atoms with Crippen molar-refractivity contribution in [3.05, 3.63) is 90.3 Å². The number of amides is 1. The molecule has 2 aromatic heterocycles. The quantitative estimate of drug-likeness (QED) is 0.369. The molecule has 2 aromatic carbocycles. The number of carbonyl (C=O) groups is 1. The van der Waals surface area contributed by atoms with Crippen LogP contribution in [0, 0.1) is 6.92 Å². The van der Waals surface area contributed by atoms with Gasteiger partial charge in [0.15, 0.2) is 11.0 Å². The van der Waals surface area contributed by atoms with E-state index in [2.05, 4.69) is 51.3 Å². The first-order valence-electron chi connectivity index (χ1n) is 11.8. The van der Waals surface area contributed by atoms with Gasteiger partial charge < -0.3 is 4.90 Å². The Bertz CT molecular complexity index is 1270. The van der Waals surface area contributed by atoms with Crippen molar-refractivity contribution in [2.75, 3.05) is 31.9 Å². The van der Waals surface area contributed by atoms with E-state index in [1.165, 1.54) is 22.9 Å². The van der Waals surface area contributed by atoms with E-state index < -0.39 is 0 Å². The fourth-order valence-electron chi connectivity index (χ4n) is 4.26. The fourth-order valence-corrected chi connectivity index (χ4v) is 5.11. The van der Waals surface area contributed by atoms with Gasteiger partial charge in [0, 0.05) is 56.4 Å². The maximum atomic E-state index is 13.0. The molecule has 1 saturated heterocycles. The number of carbonyl (C=O) groups excluding carboxylic acids is 1. The molecule has 0 unspecified atom stereocenters. The lowest BCUT2D eigenvalue weighted by molar-refractivity contribution is -0.130. The van der Waals surface area contributed by atoms with Crippen LogP contribution >= 0.6 is 11.8 Å². The first-order chi connectivity index (χ1) is 17.2. The van der Waals surface area contributed by atoms with Crippen LogP contribution in [-0.2, 0) is 11.3 Å². The predicted octanol–water partition coefficient (Wildman–Crippen LogP) is 4.07. The molecule has 1 amide bonds. The lowest BCUT2D eigenvalue weighted by Crippen LogP contribution is -2.48. The van der Waals surface area contributed by atoms with E-state index in [9.17, 15) is 4.79 Å². The van der Waals surface area contributed by atoms with Crippen molar-refractivity contribution >= 4 is 17.7 Å². The summed E-state index contributed by atoms with van der Waals surface area (Å²) in [4.78, 5) is 21.6. The highest BCUT2D eigenvalue weighted by molar-refractivity contribution is 7.99. The summed E-state index contributed by atoms with van der Waals surface area (Å²) in [5, 5.41) is 9.55. The van der Waals surface area contributed by atoms with Gasteiger partial charge in [-0.25, -0.2) is 0 Å². The zero-order valence-corrected chi connectivity index (χ0v) is 20.6. The van der Waals surface area contributed by atoms with E-state index >= 15 is 0 Å². The summed E-state index contributed by atoms with van der Waals surface area (Å²) in [5.41, 5.74) is 4.51. The second-order valence-electron chi connectivity index (χ2n) is 8.59. The summed E-state index contributed by atoms with van der Waals surface area (Å²) < 4.78 is 2.00. The third-order valence-corrected chi connectivity index (χ3v) is 7.19. The van der Waals surface area contributed by atoms with Crippen LogP contribution in [0.15, 0.2) is 84.3 Å². The molecular weight excluding hydrogens is 456 g/mol. The van der Waals surface area contributed by atoms with E-state index in [1.54, 1.807) is 12.4 Å². The predicted molar refractivity (Wildman–Crippen MR) is 138 cm³/mol. The van der Waals surface area contributed by atoms with Gasteiger partial charge in [0.05, 0.1) is 5.75 Å². The molecule has 0 saturated carbocycles. The molecule has 0 radical (unpaired) electrons. The Morgan fingerprint density at radius 3 is 2.43 bits per heavy atom. The molecule has 4 aromatic rings. The average molecular weight is 485 g/mol. The van der Waals surface area contributed by atoms with Crippen molar-refractivity contribution in [1.29, 1.82) is 0 Å². The third-order valence-electron chi connectivity index (χ3n) is 6.27. The van der Waals surface area contributed by atoms with E-state index in [1.807, 2.05) is 51.9 Å². The largest absolute Gasteiger partial charge is 0.339 e. The van der Waals surface area contributed by atoms with Crippen LogP contribution in [0.2, 0.25) is 0 Å². The van der Waals surface area contributed by atoms with Crippen LogP contribution in [0.5, 0.6) is 0 Å². The van der Waals surface area contributed by atoms with Crippen LogP contribution in [0.4, 0.5) is 0 Å². The van der Waals surface area contributed by atoms with E-state index in [0.29, 0.717) is 16.7 Å². The van der Waals surface area contributed by atoms with E-state index in [4.69, 9.17) is 0 Å². The molecule has 178 valence electrons. The minimum absolute atomic E-state index is 0.135. The topological polar surface area (TPSA) is 67.2 Å². The molecule has 8 heteroatoms. The zero-order chi connectivity index (χ0) is 24.0. The first-order valence-corrected chi connectivity index (χ1v) is 12.8. The Morgan fingerprint density at radius 1 is 0.914 bits per heavy atom. The standard InChI is InChI=1S/C27H28N6OS/c1-21-8-5-6-9-23(21)19-31-14-16-32(17-15-31)25(34)20-35-27-30-29-26(22-10-7-13-28-18-22)33(27)24-11-3-2-4-12-24/h2-13,18H,14-17,19-20H2,1H3.